The number of amides is 2. The first-order valence-electron chi connectivity index (χ1n) is 6.66. The SMILES string of the molecule is O=C(NCC(=O)N1CCSCC1)c1cc2sc(Cl)c(Cl)c2[nH]1. The van der Waals surface area contributed by atoms with Crippen LogP contribution in [0.15, 0.2) is 6.07 Å². The molecule has 2 aromatic heterocycles. The van der Waals surface area contributed by atoms with Crippen molar-refractivity contribution in [3.05, 3.63) is 21.1 Å². The number of carbonyl (C=O) groups excluding carboxylic acids is 2. The molecule has 0 bridgehead atoms. The third-order valence-electron chi connectivity index (χ3n) is 3.38. The zero-order valence-corrected chi connectivity index (χ0v) is 14.6. The van der Waals surface area contributed by atoms with Crippen molar-refractivity contribution in [2.24, 2.45) is 0 Å². The van der Waals surface area contributed by atoms with E-state index in [2.05, 4.69) is 10.3 Å². The normalized spacial score (nSPS) is 15.3. The van der Waals surface area contributed by atoms with Crippen molar-refractivity contribution < 1.29 is 9.59 Å². The van der Waals surface area contributed by atoms with Crippen molar-refractivity contribution in [2.45, 2.75) is 0 Å². The average molecular weight is 378 g/mol. The van der Waals surface area contributed by atoms with Crippen LogP contribution >= 0.6 is 46.3 Å². The van der Waals surface area contributed by atoms with Gasteiger partial charge in [0, 0.05) is 24.6 Å². The Labute approximate surface area is 145 Å². The fraction of sp³-hybridized carbons (Fsp3) is 0.385. The lowest BCUT2D eigenvalue weighted by Gasteiger charge is -2.26. The van der Waals surface area contributed by atoms with Crippen LogP contribution in [0.2, 0.25) is 9.36 Å². The first kappa shape index (κ1) is 16.0. The third-order valence-corrected chi connectivity index (χ3v) is 6.26. The summed E-state index contributed by atoms with van der Waals surface area (Å²) < 4.78 is 1.31. The first-order valence-corrected chi connectivity index (χ1v) is 9.39. The molecule has 2 aromatic rings. The van der Waals surface area contributed by atoms with Crippen molar-refractivity contribution in [1.29, 1.82) is 0 Å². The molecule has 2 N–H and O–H groups in total. The molecule has 1 aliphatic heterocycles. The molecule has 1 fully saturated rings. The summed E-state index contributed by atoms with van der Waals surface area (Å²) in [5.74, 6) is 1.52. The molecule has 0 unspecified atom stereocenters. The van der Waals surface area contributed by atoms with Gasteiger partial charge in [-0.05, 0) is 6.07 Å². The van der Waals surface area contributed by atoms with E-state index in [4.69, 9.17) is 23.2 Å². The van der Waals surface area contributed by atoms with E-state index in [1.165, 1.54) is 11.3 Å². The van der Waals surface area contributed by atoms with Gasteiger partial charge >= 0.3 is 0 Å². The van der Waals surface area contributed by atoms with E-state index < -0.39 is 0 Å². The maximum absolute atomic E-state index is 12.1. The first-order chi connectivity index (χ1) is 10.6. The van der Waals surface area contributed by atoms with E-state index in [1.54, 1.807) is 11.0 Å². The number of aromatic nitrogens is 1. The largest absolute Gasteiger partial charge is 0.349 e. The summed E-state index contributed by atoms with van der Waals surface area (Å²) in [6.07, 6.45) is 0. The smallest absolute Gasteiger partial charge is 0.268 e. The fourth-order valence-corrected chi connectivity index (χ4v) is 4.60. The Morgan fingerprint density at radius 2 is 2.05 bits per heavy atom. The van der Waals surface area contributed by atoms with Gasteiger partial charge in [0.15, 0.2) is 0 Å². The molecule has 1 aliphatic rings. The van der Waals surface area contributed by atoms with Gasteiger partial charge in [0.25, 0.3) is 5.91 Å². The van der Waals surface area contributed by atoms with Crippen LogP contribution in [0.4, 0.5) is 0 Å². The molecule has 0 atom stereocenters. The van der Waals surface area contributed by atoms with Crippen molar-refractivity contribution in [1.82, 2.24) is 15.2 Å². The van der Waals surface area contributed by atoms with Crippen molar-refractivity contribution >= 4 is 68.3 Å². The summed E-state index contributed by atoms with van der Waals surface area (Å²) in [5, 5.41) is 3.06. The number of carbonyl (C=O) groups is 2. The standard InChI is InChI=1S/C13H13Cl2N3O2S2/c14-10-11-8(22-12(10)15)5-7(17-11)13(20)16-6-9(19)18-1-3-21-4-2-18/h5,17H,1-4,6H2,(H,16,20). The second-order valence-corrected chi connectivity index (χ2v) is 8.04. The molecule has 0 aliphatic carbocycles. The van der Waals surface area contributed by atoms with E-state index in [-0.39, 0.29) is 18.4 Å². The molecule has 0 spiro atoms. The third kappa shape index (κ3) is 3.22. The van der Waals surface area contributed by atoms with Crippen LogP contribution in [0, 0.1) is 0 Å². The van der Waals surface area contributed by atoms with Crippen LogP contribution in [-0.4, -0.2) is 52.8 Å². The van der Waals surface area contributed by atoms with Gasteiger partial charge in [-0.2, -0.15) is 11.8 Å². The maximum atomic E-state index is 12.1. The number of nitrogens with zero attached hydrogens (tertiary/aromatic N) is 1. The zero-order chi connectivity index (χ0) is 15.7. The minimum Gasteiger partial charge on any atom is -0.349 e. The van der Waals surface area contributed by atoms with Crippen LogP contribution in [0.3, 0.4) is 0 Å². The summed E-state index contributed by atoms with van der Waals surface area (Å²) in [6.45, 7) is 1.49. The Hall–Kier alpha value is -0.890. The Bertz CT molecular complexity index is 722. The number of thiophene rings is 1. The minimum atomic E-state index is -0.324. The highest BCUT2D eigenvalue weighted by Gasteiger charge is 2.19. The highest BCUT2D eigenvalue weighted by molar-refractivity contribution is 7.99. The summed E-state index contributed by atoms with van der Waals surface area (Å²) >= 11 is 15.1. The number of halogens is 2. The molecule has 9 heteroatoms. The van der Waals surface area contributed by atoms with Crippen LogP contribution in [-0.2, 0) is 4.79 Å². The number of rotatable bonds is 3. The molecule has 0 saturated carbocycles. The maximum Gasteiger partial charge on any atom is 0.268 e. The van der Waals surface area contributed by atoms with Crippen molar-refractivity contribution in [2.75, 3.05) is 31.1 Å². The fourth-order valence-electron chi connectivity index (χ4n) is 2.22. The van der Waals surface area contributed by atoms with Crippen LogP contribution in [0.1, 0.15) is 10.5 Å². The van der Waals surface area contributed by atoms with Crippen molar-refractivity contribution in [3.63, 3.8) is 0 Å². The summed E-state index contributed by atoms with van der Waals surface area (Å²) in [7, 11) is 0. The van der Waals surface area contributed by atoms with Crippen molar-refractivity contribution in [3.8, 4) is 0 Å². The number of aromatic amines is 1. The monoisotopic (exact) mass is 377 g/mol. The minimum absolute atomic E-state index is 0.00462. The van der Waals surface area contributed by atoms with Crippen LogP contribution in [0.25, 0.3) is 10.2 Å². The molecule has 22 heavy (non-hydrogen) atoms. The molecule has 2 amide bonds. The molecule has 0 aromatic carbocycles. The number of thioether (sulfide) groups is 1. The van der Waals surface area contributed by atoms with Gasteiger partial charge in [-0.3, -0.25) is 9.59 Å². The van der Waals surface area contributed by atoms with E-state index in [9.17, 15) is 9.59 Å². The predicted molar refractivity (Wildman–Crippen MR) is 92.4 cm³/mol. The van der Waals surface area contributed by atoms with E-state index in [1.807, 2.05) is 11.8 Å². The Morgan fingerprint density at radius 1 is 1.32 bits per heavy atom. The number of nitrogens with one attached hydrogen (secondary N) is 2. The van der Waals surface area contributed by atoms with E-state index in [0.717, 1.165) is 29.3 Å². The molecule has 3 heterocycles. The molecular weight excluding hydrogens is 365 g/mol. The second-order valence-electron chi connectivity index (χ2n) is 4.79. The lowest BCUT2D eigenvalue weighted by Crippen LogP contribution is -2.44. The molecular formula is C13H13Cl2N3O2S2. The topological polar surface area (TPSA) is 65.2 Å². The Balaban J connectivity index is 1.62. The second kappa shape index (κ2) is 6.70. The highest BCUT2D eigenvalue weighted by Crippen LogP contribution is 2.38. The van der Waals surface area contributed by atoms with Crippen LogP contribution < -0.4 is 5.32 Å². The van der Waals surface area contributed by atoms with Gasteiger partial charge < -0.3 is 15.2 Å². The zero-order valence-electron chi connectivity index (χ0n) is 11.4. The van der Waals surface area contributed by atoms with E-state index >= 15 is 0 Å². The highest BCUT2D eigenvalue weighted by atomic mass is 35.5. The molecule has 1 saturated heterocycles. The summed E-state index contributed by atoms with van der Waals surface area (Å²) in [6, 6.07) is 1.69. The van der Waals surface area contributed by atoms with Gasteiger partial charge in [0.05, 0.1) is 21.8 Å². The predicted octanol–water partition coefficient (Wildman–Crippen LogP) is 2.84. The van der Waals surface area contributed by atoms with Gasteiger partial charge in [0.1, 0.15) is 10.0 Å². The summed E-state index contributed by atoms with van der Waals surface area (Å²) in [5.41, 5.74) is 1.03. The number of hydrogen-bond donors (Lipinski definition) is 2. The summed E-state index contributed by atoms with van der Waals surface area (Å²) in [4.78, 5) is 28.8. The van der Waals surface area contributed by atoms with Crippen LogP contribution in [0.5, 0.6) is 0 Å². The number of H-pyrrole nitrogens is 1. The van der Waals surface area contributed by atoms with Gasteiger partial charge in [-0.25, -0.2) is 0 Å². The number of hydrogen-bond acceptors (Lipinski definition) is 4. The van der Waals surface area contributed by atoms with E-state index in [0.29, 0.717) is 20.6 Å². The molecule has 3 rings (SSSR count). The lowest BCUT2D eigenvalue weighted by molar-refractivity contribution is -0.129. The molecule has 118 valence electrons. The lowest BCUT2D eigenvalue weighted by atomic mass is 10.4. The Kier molecular flexibility index (Phi) is 4.87. The molecule has 0 radical (unpaired) electrons. The van der Waals surface area contributed by atoms with Gasteiger partial charge in [-0.1, -0.05) is 23.2 Å². The average Bonchev–Trinajstić information content (AvgIpc) is 3.06. The van der Waals surface area contributed by atoms with Gasteiger partial charge in [-0.15, -0.1) is 11.3 Å². The number of fused-ring (bicyclic) bond motifs is 1. The molecule has 5 nitrogen and oxygen atoms in total. The Morgan fingerprint density at radius 3 is 2.73 bits per heavy atom. The van der Waals surface area contributed by atoms with Gasteiger partial charge in [0.2, 0.25) is 5.91 Å². The quantitative estimate of drug-likeness (QED) is 0.863.